The van der Waals surface area contributed by atoms with Crippen LogP contribution in [0.3, 0.4) is 0 Å². The number of hydrogen-bond donors (Lipinski definition) is 3. The highest BCUT2D eigenvalue weighted by atomic mass is 35.5. The van der Waals surface area contributed by atoms with E-state index in [1.54, 1.807) is 0 Å². The maximum Gasteiger partial charge on any atom is 0.251 e. The molecule has 0 aliphatic carbocycles. The number of carbonyl (C=O) groups is 1. The number of rotatable bonds is 6. The Morgan fingerprint density at radius 3 is 2.46 bits per heavy atom. The quantitative estimate of drug-likeness (QED) is 0.363. The van der Waals surface area contributed by atoms with Crippen LogP contribution in [0, 0.1) is 17.8 Å². The van der Waals surface area contributed by atoms with Gasteiger partial charge < -0.3 is 20.0 Å². The zero-order valence-corrected chi connectivity index (χ0v) is 19.6. The summed E-state index contributed by atoms with van der Waals surface area (Å²) in [5.41, 5.74) is 0.494. The van der Waals surface area contributed by atoms with Crippen LogP contribution >= 0.6 is 11.6 Å². The minimum atomic E-state index is -1.86. The van der Waals surface area contributed by atoms with Gasteiger partial charge >= 0.3 is 0 Å². The fourth-order valence-corrected chi connectivity index (χ4v) is 3.20. The van der Waals surface area contributed by atoms with Gasteiger partial charge in [-0.2, -0.15) is 0 Å². The topological polar surface area (TPSA) is 78.8 Å². The molecule has 7 heteroatoms. The SMILES string of the molecule is CC(C)C(O)C#Cc1cc(C(=O)NCCO[Si](C)(C)C(C)(C)C)cc(Cl)c1O. The Balaban J connectivity index is 2.81. The molecule has 1 atom stereocenters. The molecule has 1 aromatic rings. The van der Waals surface area contributed by atoms with E-state index in [2.05, 4.69) is 51.0 Å². The number of phenolic OH excluding ortho intramolecular Hbond substituents is 1. The summed E-state index contributed by atoms with van der Waals surface area (Å²) in [6.45, 7) is 15.3. The van der Waals surface area contributed by atoms with Crippen molar-refractivity contribution in [3.63, 3.8) is 0 Å². The molecule has 1 unspecified atom stereocenters. The summed E-state index contributed by atoms with van der Waals surface area (Å²) in [4.78, 5) is 12.4. The summed E-state index contributed by atoms with van der Waals surface area (Å²) in [6.07, 6.45) is -0.830. The average Bonchev–Trinajstić information content (AvgIpc) is 2.58. The number of benzene rings is 1. The second-order valence-corrected chi connectivity index (χ2v) is 13.9. The van der Waals surface area contributed by atoms with Crippen LogP contribution in [0.15, 0.2) is 12.1 Å². The zero-order valence-electron chi connectivity index (χ0n) is 17.8. The van der Waals surface area contributed by atoms with Crippen molar-refractivity contribution in [2.75, 3.05) is 13.2 Å². The molecule has 0 bridgehead atoms. The summed E-state index contributed by atoms with van der Waals surface area (Å²) >= 11 is 6.03. The molecule has 0 aliphatic rings. The first kappa shape index (κ1) is 24.5. The summed E-state index contributed by atoms with van der Waals surface area (Å²) in [5, 5.41) is 22.8. The molecule has 28 heavy (non-hydrogen) atoms. The van der Waals surface area contributed by atoms with E-state index in [1.807, 2.05) is 13.8 Å². The lowest BCUT2D eigenvalue weighted by Crippen LogP contribution is -2.42. The van der Waals surface area contributed by atoms with Crippen molar-refractivity contribution in [2.45, 2.75) is 58.9 Å². The van der Waals surface area contributed by atoms with Gasteiger partial charge in [-0.1, -0.05) is 58.1 Å². The monoisotopic (exact) mass is 425 g/mol. The van der Waals surface area contributed by atoms with Crippen molar-refractivity contribution >= 4 is 25.8 Å². The maximum atomic E-state index is 12.4. The molecular formula is C21H32ClNO4Si. The van der Waals surface area contributed by atoms with Crippen LogP contribution in [-0.2, 0) is 4.43 Å². The van der Waals surface area contributed by atoms with Gasteiger partial charge in [-0.05, 0) is 36.2 Å². The Bertz CT molecular complexity index is 760. The molecule has 0 aliphatic heterocycles. The lowest BCUT2D eigenvalue weighted by atomic mass is 10.1. The van der Waals surface area contributed by atoms with Crippen LogP contribution < -0.4 is 5.32 Å². The van der Waals surface area contributed by atoms with Crippen molar-refractivity contribution in [1.82, 2.24) is 5.32 Å². The van der Waals surface area contributed by atoms with Crippen LogP contribution in [0.1, 0.15) is 50.5 Å². The summed E-state index contributed by atoms with van der Waals surface area (Å²) in [7, 11) is -1.86. The lowest BCUT2D eigenvalue weighted by Gasteiger charge is -2.36. The van der Waals surface area contributed by atoms with E-state index in [0.29, 0.717) is 18.7 Å². The molecule has 0 fully saturated rings. The summed E-state index contributed by atoms with van der Waals surface area (Å²) in [5.74, 6) is 4.78. The van der Waals surface area contributed by atoms with Gasteiger partial charge in [0.05, 0.1) is 17.2 Å². The Labute approximate surface area is 174 Å². The highest BCUT2D eigenvalue weighted by molar-refractivity contribution is 6.74. The van der Waals surface area contributed by atoms with Crippen molar-refractivity contribution in [1.29, 1.82) is 0 Å². The molecule has 0 aromatic heterocycles. The van der Waals surface area contributed by atoms with Gasteiger partial charge in [0, 0.05) is 12.1 Å². The van der Waals surface area contributed by atoms with Crippen molar-refractivity contribution < 1.29 is 19.4 Å². The summed E-state index contributed by atoms with van der Waals surface area (Å²) < 4.78 is 6.04. The molecule has 1 aromatic carbocycles. The van der Waals surface area contributed by atoms with E-state index >= 15 is 0 Å². The number of aliphatic hydroxyl groups is 1. The van der Waals surface area contributed by atoms with Crippen LogP contribution in [-0.4, -0.2) is 43.7 Å². The number of hydrogen-bond acceptors (Lipinski definition) is 4. The number of nitrogens with one attached hydrogen (secondary N) is 1. The van der Waals surface area contributed by atoms with Crippen LogP contribution in [0.5, 0.6) is 5.75 Å². The minimum absolute atomic E-state index is 0.0357. The van der Waals surface area contributed by atoms with E-state index in [-0.39, 0.29) is 33.2 Å². The molecule has 0 radical (unpaired) electrons. The second-order valence-electron chi connectivity index (χ2n) is 8.68. The predicted octanol–water partition coefficient (Wildman–Crippen LogP) is 4.17. The molecule has 0 spiro atoms. The van der Waals surface area contributed by atoms with E-state index in [1.165, 1.54) is 12.1 Å². The lowest BCUT2D eigenvalue weighted by molar-refractivity contribution is 0.0945. The Morgan fingerprint density at radius 1 is 1.32 bits per heavy atom. The molecule has 1 amide bonds. The number of aromatic hydroxyl groups is 1. The molecular weight excluding hydrogens is 394 g/mol. The molecule has 0 saturated carbocycles. The Morgan fingerprint density at radius 2 is 1.93 bits per heavy atom. The van der Waals surface area contributed by atoms with E-state index in [4.69, 9.17) is 16.0 Å². The highest BCUT2D eigenvalue weighted by Gasteiger charge is 2.36. The highest BCUT2D eigenvalue weighted by Crippen LogP contribution is 2.36. The number of phenols is 1. The molecule has 5 nitrogen and oxygen atoms in total. The number of aliphatic hydroxyl groups excluding tert-OH is 1. The van der Waals surface area contributed by atoms with Gasteiger partial charge in [0.1, 0.15) is 11.9 Å². The van der Waals surface area contributed by atoms with Crippen LogP contribution in [0.2, 0.25) is 23.2 Å². The third-order valence-corrected chi connectivity index (χ3v) is 9.79. The average molecular weight is 426 g/mol. The third kappa shape index (κ3) is 6.82. The zero-order chi connectivity index (χ0) is 21.7. The van der Waals surface area contributed by atoms with Crippen LogP contribution in [0.25, 0.3) is 0 Å². The van der Waals surface area contributed by atoms with Gasteiger partial charge in [-0.3, -0.25) is 4.79 Å². The third-order valence-electron chi connectivity index (χ3n) is 4.97. The van der Waals surface area contributed by atoms with Crippen molar-refractivity contribution in [2.24, 2.45) is 5.92 Å². The molecule has 3 N–H and O–H groups in total. The fraction of sp³-hybridized carbons (Fsp3) is 0.571. The first-order valence-electron chi connectivity index (χ1n) is 9.40. The van der Waals surface area contributed by atoms with Gasteiger partial charge in [0.2, 0.25) is 0 Å². The second kappa shape index (κ2) is 9.79. The minimum Gasteiger partial charge on any atom is -0.505 e. The first-order chi connectivity index (χ1) is 12.8. The molecule has 156 valence electrons. The normalized spacial score (nSPS) is 13.1. The fourth-order valence-electron chi connectivity index (χ4n) is 1.93. The van der Waals surface area contributed by atoms with Crippen molar-refractivity contribution in [3.8, 4) is 17.6 Å². The maximum absolute atomic E-state index is 12.4. The predicted molar refractivity (Wildman–Crippen MR) is 116 cm³/mol. The number of halogens is 1. The smallest absolute Gasteiger partial charge is 0.251 e. The standard InChI is InChI=1S/C21H32ClNO4Si/c1-14(2)18(24)9-8-15-12-16(13-17(22)19(15)25)20(26)23-10-11-27-28(6,7)21(3,4)5/h12-14,18,24-25H,10-11H2,1-7H3,(H,23,26). The van der Waals surface area contributed by atoms with Crippen molar-refractivity contribution in [3.05, 3.63) is 28.3 Å². The molecule has 1 rings (SSSR count). The number of carbonyl (C=O) groups excluding carboxylic acids is 1. The van der Waals surface area contributed by atoms with E-state index < -0.39 is 14.4 Å². The largest absolute Gasteiger partial charge is 0.505 e. The van der Waals surface area contributed by atoms with Gasteiger partial charge in [-0.25, -0.2) is 0 Å². The van der Waals surface area contributed by atoms with Gasteiger partial charge in [0.25, 0.3) is 5.91 Å². The van der Waals surface area contributed by atoms with E-state index in [0.717, 1.165) is 0 Å². The van der Waals surface area contributed by atoms with Gasteiger partial charge in [-0.15, -0.1) is 0 Å². The molecule has 0 heterocycles. The molecule has 0 saturated heterocycles. The Kier molecular flexibility index (Phi) is 8.58. The van der Waals surface area contributed by atoms with Crippen LogP contribution in [0.4, 0.5) is 0 Å². The first-order valence-corrected chi connectivity index (χ1v) is 12.7. The van der Waals surface area contributed by atoms with E-state index in [9.17, 15) is 15.0 Å². The Hall–Kier alpha value is -1.52. The van der Waals surface area contributed by atoms with Gasteiger partial charge in [0.15, 0.2) is 8.32 Å². The number of amides is 1. The summed E-state index contributed by atoms with van der Waals surface area (Å²) in [6, 6.07) is 2.86.